The fraction of sp³-hybridized carbons (Fsp3) is 0.500. The van der Waals surface area contributed by atoms with Crippen molar-refractivity contribution in [1.82, 2.24) is 20.4 Å². The van der Waals surface area contributed by atoms with E-state index in [1.165, 1.54) is 0 Å². The summed E-state index contributed by atoms with van der Waals surface area (Å²) in [5, 5.41) is 16.0. The number of piperidine rings is 1. The minimum absolute atomic E-state index is 0.101. The van der Waals surface area contributed by atoms with Gasteiger partial charge in [-0.3, -0.25) is 34.3 Å². The summed E-state index contributed by atoms with van der Waals surface area (Å²) in [6, 6.07) is 4.17. The van der Waals surface area contributed by atoms with E-state index in [-0.39, 0.29) is 24.0 Å². The van der Waals surface area contributed by atoms with Gasteiger partial charge in [0, 0.05) is 45.1 Å². The number of hydrogen-bond acceptors (Lipinski definition) is 7. The summed E-state index contributed by atoms with van der Waals surface area (Å²) in [4.78, 5) is 52.2. The summed E-state index contributed by atoms with van der Waals surface area (Å²) in [6.07, 6.45) is 0.245. The Morgan fingerprint density at radius 2 is 1.79 bits per heavy atom. The number of amides is 4. The average Bonchev–Trinajstić information content (AvgIpc) is 2.83. The maximum Gasteiger partial charge on any atom is 0.262 e. The molecule has 0 saturated carbocycles. The van der Waals surface area contributed by atoms with Gasteiger partial charge in [0.05, 0.1) is 16.7 Å². The Morgan fingerprint density at radius 1 is 1.07 bits per heavy atom. The Balaban J connectivity index is 1.30. The summed E-state index contributed by atoms with van der Waals surface area (Å²) in [5.74, 6) is -1.71. The largest absolute Gasteiger partial charge is 0.387 e. The molecule has 4 amide bonds. The summed E-state index contributed by atoms with van der Waals surface area (Å²) in [7, 11) is 0. The Hall–Kier alpha value is -2.62. The fourth-order valence-electron chi connectivity index (χ4n) is 4.64. The van der Waals surface area contributed by atoms with Crippen molar-refractivity contribution in [3.63, 3.8) is 0 Å². The van der Waals surface area contributed by atoms with Crippen LogP contribution < -0.4 is 10.6 Å². The molecule has 1 aromatic carbocycles. The minimum Gasteiger partial charge on any atom is -0.387 e. The molecule has 3 fully saturated rings. The summed E-state index contributed by atoms with van der Waals surface area (Å²) < 4.78 is 0. The number of carbonyl (C=O) groups excluding carboxylic acids is 4. The van der Waals surface area contributed by atoms with Crippen LogP contribution in [0, 0.1) is 5.92 Å². The number of likely N-dealkylation sites (tertiary alicyclic amines) is 1. The first-order valence-electron chi connectivity index (χ1n) is 9.86. The van der Waals surface area contributed by atoms with Crippen LogP contribution in [0.3, 0.4) is 0 Å². The van der Waals surface area contributed by atoms with Crippen molar-refractivity contribution in [2.45, 2.75) is 31.0 Å². The zero-order valence-corrected chi connectivity index (χ0v) is 15.8. The number of nitrogens with one attached hydrogen (secondary N) is 2. The molecule has 0 bridgehead atoms. The number of rotatable bonds is 4. The Bertz CT molecular complexity index is 935. The molecule has 3 saturated heterocycles. The lowest BCUT2D eigenvalue weighted by Crippen LogP contribution is -2.70. The zero-order chi connectivity index (χ0) is 20.3. The van der Waals surface area contributed by atoms with Gasteiger partial charge in [0.1, 0.15) is 6.04 Å². The van der Waals surface area contributed by atoms with Crippen LogP contribution in [-0.2, 0) is 16.1 Å². The molecule has 0 aromatic heterocycles. The van der Waals surface area contributed by atoms with E-state index < -0.39 is 35.3 Å². The molecule has 5 rings (SSSR count). The second-order valence-corrected chi connectivity index (χ2v) is 8.43. The molecular formula is C20H22N4O5. The second kappa shape index (κ2) is 6.45. The lowest BCUT2D eigenvalue weighted by Gasteiger charge is -2.53. The van der Waals surface area contributed by atoms with E-state index in [1.807, 2.05) is 0 Å². The van der Waals surface area contributed by atoms with Crippen LogP contribution in [0.15, 0.2) is 18.2 Å². The third-order valence-corrected chi connectivity index (χ3v) is 6.45. The number of imide groups is 2. The van der Waals surface area contributed by atoms with Crippen molar-refractivity contribution in [2.24, 2.45) is 5.92 Å². The molecule has 1 aromatic rings. The van der Waals surface area contributed by atoms with E-state index in [2.05, 4.69) is 15.5 Å². The van der Waals surface area contributed by atoms with Gasteiger partial charge in [-0.05, 0) is 24.1 Å². The summed E-state index contributed by atoms with van der Waals surface area (Å²) >= 11 is 0. The molecule has 0 aliphatic carbocycles. The number of fused-ring (bicyclic) bond motifs is 1. The number of aliphatic hydroxyl groups is 1. The normalized spacial score (nSPS) is 26.8. The van der Waals surface area contributed by atoms with Crippen molar-refractivity contribution < 1.29 is 24.3 Å². The maximum absolute atomic E-state index is 12.9. The lowest BCUT2D eigenvalue weighted by molar-refractivity contribution is -0.149. The van der Waals surface area contributed by atoms with E-state index >= 15 is 0 Å². The molecule has 9 heteroatoms. The second-order valence-electron chi connectivity index (χ2n) is 8.43. The number of hydrogen-bond donors (Lipinski definition) is 3. The van der Waals surface area contributed by atoms with Crippen molar-refractivity contribution >= 4 is 23.6 Å². The standard InChI is InChI=1S/C20H22N4O5/c25-16-4-3-15(17(26)22-16)24-18(27)13-2-1-11(5-14(13)19(24)28)8-23-9-20(29,10-23)12-6-21-7-12/h1-2,5,12,15,21,29H,3-4,6-10H2,(H,22,25,26). The summed E-state index contributed by atoms with van der Waals surface area (Å²) in [5.41, 5.74) is 0.806. The zero-order valence-electron chi connectivity index (χ0n) is 15.8. The monoisotopic (exact) mass is 398 g/mol. The third-order valence-electron chi connectivity index (χ3n) is 6.45. The number of β-amino-alcohol motifs (C(OH)–C–C–N with tert-alkyl or cyclic N) is 1. The van der Waals surface area contributed by atoms with Gasteiger partial charge >= 0.3 is 0 Å². The Labute approximate surface area is 167 Å². The molecule has 9 nitrogen and oxygen atoms in total. The molecule has 1 unspecified atom stereocenters. The Kier molecular flexibility index (Phi) is 4.09. The van der Waals surface area contributed by atoms with Crippen molar-refractivity contribution in [1.29, 1.82) is 0 Å². The van der Waals surface area contributed by atoms with E-state index in [9.17, 15) is 24.3 Å². The maximum atomic E-state index is 12.9. The number of nitrogens with zero attached hydrogens (tertiary/aromatic N) is 2. The smallest absolute Gasteiger partial charge is 0.262 e. The first-order valence-corrected chi connectivity index (χ1v) is 9.86. The van der Waals surface area contributed by atoms with Gasteiger partial charge in [0.2, 0.25) is 11.8 Å². The molecule has 152 valence electrons. The van der Waals surface area contributed by atoms with E-state index in [1.54, 1.807) is 18.2 Å². The van der Waals surface area contributed by atoms with E-state index in [0.29, 0.717) is 25.6 Å². The van der Waals surface area contributed by atoms with Crippen LogP contribution in [-0.4, -0.2) is 76.4 Å². The third kappa shape index (κ3) is 2.88. The van der Waals surface area contributed by atoms with Gasteiger partial charge in [-0.1, -0.05) is 6.07 Å². The molecule has 0 spiro atoms. The molecule has 4 heterocycles. The predicted molar refractivity (Wildman–Crippen MR) is 99.7 cm³/mol. The molecule has 29 heavy (non-hydrogen) atoms. The molecule has 4 aliphatic heterocycles. The predicted octanol–water partition coefficient (Wildman–Crippen LogP) is -1.15. The van der Waals surface area contributed by atoms with Gasteiger partial charge in [-0.15, -0.1) is 0 Å². The van der Waals surface area contributed by atoms with Crippen LogP contribution >= 0.6 is 0 Å². The molecule has 4 aliphatic rings. The molecule has 1 atom stereocenters. The topological polar surface area (TPSA) is 119 Å². The highest BCUT2D eigenvalue weighted by Crippen LogP contribution is 2.33. The molecular weight excluding hydrogens is 376 g/mol. The Morgan fingerprint density at radius 3 is 2.45 bits per heavy atom. The van der Waals surface area contributed by atoms with Crippen LogP contribution in [0.25, 0.3) is 0 Å². The first-order chi connectivity index (χ1) is 13.9. The van der Waals surface area contributed by atoms with E-state index in [4.69, 9.17) is 0 Å². The van der Waals surface area contributed by atoms with Gasteiger partial charge < -0.3 is 10.4 Å². The van der Waals surface area contributed by atoms with Gasteiger partial charge in [-0.2, -0.15) is 0 Å². The number of benzene rings is 1. The SMILES string of the molecule is O=C1CCC(N2C(=O)c3ccc(CN4CC(O)(C5CNC5)C4)cc3C2=O)C(=O)N1. The van der Waals surface area contributed by atoms with Crippen molar-refractivity contribution in [3.8, 4) is 0 Å². The minimum atomic E-state index is -0.954. The quantitative estimate of drug-likeness (QED) is 0.548. The van der Waals surface area contributed by atoms with Crippen molar-refractivity contribution in [2.75, 3.05) is 26.2 Å². The van der Waals surface area contributed by atoms with Crippen LogP contribution in [0.2, 0.25) is 0 Å². The highest BCUT2D eigenvalue weighted by molar-refractivity contribution is 6.23. The van der Waals surface area contributed by atoms with E-state index in [0.717, 1.165) is 23.6 Å². The first kappa shape index (κ1) is 18.4. The van der Waals surface area contributed by atoms with Gasteiger partial charge in [0.25, 0.3) is 11.8 Å². The average molecular weight is 398 g/mol. The summed E-state index contributed by atoms with van der Waals surface area (Å²) in [6.45, 7) is 3.44. The fourth-order valence-corrected chi connectivity index (χ4v) is 4.64. The van der Waals surface area contributed by atoms with Crippen LogP contribution in [0.4, 0.5) is 0 Å². The van der Waals surface area contributed by atoms with Crippen molar-refractivity contribution in [3.05, 3.63) is 34.9 Å². The van der Waals surface area contributed by atoms with Crippen LogP contribution in [0.5, 0.6) is 0 Å². The highest BCUT2D eigenvalue weighted by Gasteiger charge is 2.49. The highest BCUT2D eigenvalue weighted by atomic mass is 16.3. The van der Waals surface area contributed by atoms with Gasteiger partial charge in [-0.25, -0.2) is 0 Å². The number of carbonyl (C=O) groups is 4. The van der Waals surface area contributed by atoms with Crippen LogP contribution in [0.1, 0.15) is 39.1 Å². The lowest BCUT2D eigenvalue weighted by atomic mass is 9.77. The van der Waals surface area contributed by atoms with Gasteiger partial charge in [0.15, 0.2) is 0 Å². The molecule has 3 N–H and O–H groups in total. The molecule has 0 radical (unpaired) electrons.